The number of para-hydroxylation sites is 2. The minimum absolute atomic E-state index is 0.0629. The van der Waals surface area contributed by atoms with Crippen LogP contribution in [0.3, 0.4) is 0 Å². The molecule has 20 heavy (non-hydrogen) atoms. The van der Waals surface area contributed by atoms with Crippen LogP contribution in [0.2, 0.25) is 0 Å². The molecule has 0 spiro atoms. The maximum absolute atomic E-state index is 10.9. The van der Waals surface area contributed by atoms with Gasteiger partial charge in [0.15, 0.2) is 0 Å². The SMILES string of the molecule is O=Cc1ccc(N(c2ccccc2)c2ccccc2)[se]1. The first-order chi connectivity index (χ1) is 9.88. The van der Waals surface area contributed by atoms with Crippen molar-refractivity contribution in [3.05, 3.63) is 77.2 Å². The third-order valence-corrected chi connectivity index (χ3v) is 5.07. The number of benzene rings is 2. The molecule has 3 rings (SSSR count). The fraction of sp³-hybridized carbons (Fsp3) is 0. The average molecular weight is 326 g/mol. The molecule has 0 bridgehead atoms. The van der Waals surface area contributed by atoms with Gasteiger partial charge >= 0.3 is 124 Å². The summed E-state index contributed by atoms with van der Waals surface area (Å²) in [6.07, 6.45) is 0.956. The van der Waals surface area contributed by atoms with Crippen molar-refractivity contribution in [2.45, 2.75) is 0 Å². The Morgan fingerprint density at radius 3 is 1.75 bits per heavy atom. The molecular weight excluding hydrogens is 313 g/mol. The van der Waals surface area contributed by atoms with Gasteiger partial charge in [-0.05, 0) is 0 Å². The normalized spacial score (nSPS) is 10.2. The third-order valence-electron chi connectivity index (χ3n) is 2.98. The average Bonchev–Trinajstić information content (AvgIpc) is 2.98. The molecule has 0 aliphatic rings. The van der Waals surface area contributed by atoms with Crippen LogP contribution in [0.1, 0.15) is 9.23 Å². The van der Waals surface area contributed by atoms with E-state index >= 15 is 0 Å². The maximum atomic E-state index is 10.9. The monoisotopic (exact) mass is 327 g/mol. The van der Waals surface area contributed by atoms with Crippen molar-refractivity contribution >= 4 is 36.7 Å². The first kappa shape index (κ1) is 12.9. The summed E-state index contributed by atoms with van der Waals surface area (Å²) in [7, 11) is 0. The molecule has 3 heteroatoms. The first-order valence-electron chi connectivity index (χ1n) is 6.34. The van der Waals surface area contributed by atoms with Crippen molar-refractivity contribution in [1.82, 2.24) is 0 Å². The molecule has 0 saturated carbocycles. The summed E-state index contributed by atoms with van der Waals surface area (Å²) in [4.78, 5) is 13.2. The predicted molar refractivity (Wildman–Crippen MR) is 83.5 cm³/mol. The molecule has 0 N–H and O–H groups in total. The van der Waals surface area contributed by atoms with Crippen LogP contribution >= 0.6 is 0 Å². The van der Waals surface area contributed by atoms with Gasteiger partial charge in [0.1, 0.15) is 0 Å². The summed E-state index contributed by atoms with van der Waals surface area (Å²) in [6, 6.07) is 24.4. The molecule has 2 nitrogen and oxygen atoms in total. The fourth-order valence-corrected chi connectivity index (χ4v) is 3.90. The van der Waals surface area contributed by atoms with E-state index in [2.05, 4.69) is 29.2 Å². The Morgan fingerprint density at radius 1 is 0.750 bits per heavy atom. The van der Waals surface area contributed by atoms with E-state index in [-0.39, 0.29) is 14.5 Å². The van der Waals surface area contributed by atoms with E-state index in [4.69, 9.17) is 0 Å². The Bertz CT molecular complexity index is 652. The topological polar surface area (TPSA) is 20.3 Å². The van der Waals surface area contributed by atoms with Gasteiger partial charge in [0.2, 0.25) is 0 Å². The standard InChI is InChI=1S/C17H13NOSe/c19-13-16-11-12-17(20-16)18(14-7-3-1-4-8-14)15-9-5-2-6-10-15/h1-13H. The van der Waals surface area contributed by atoms with E-state index in [9.17, 15) is 4.79 Å². The zero-order chi connectivity index (χ0) is 13.8. The first-order valence-corrected chi connectivity index (χ1v) is 8.05. The van der Waals surface area contributed by atoms with E-state index in [1.165, 1.54) is 4.56 Å². The van der Waals surface area contributed by atoms with Crippen LogP contribution in [-0.4, -0.2) is 20.8 Å². The predicted octanol–water partition coefficient (Wildman–Crippen LogP) is 4.03. The van der Waals surface area contributed by atoms with Gasteiger partial charge in [-0.15, -0.1) is 0 Å². The van der Waals surface area contributed by atoms with Crippen LogP contribution in [-0.2, 0) is 0 Å². The fourth-order valence-electron chi connectivity index (χ4n) is 2.08. The third kappa shape index (κ3) is 2.60. The van der Waals surface area contributed by atoms with E-state index in [0.717, 1.165) is 22.1 Å². The molecule has 0 radical (unpaired) electrons. The molecule has 0 amide bonds. The van der Waals surface area contributed by atoms with Crippen molar-refractivity contribution < 1.29 is 4.79 Å². The minimum atomic E-state index is 0.0629. The van der Waals surface area contributed by atoms with Gasteiger partial charge in [-0.1, -0.05) is 0 Å². The van der Waals surface area contributed by atoms with Gasteiger partial charge in [-0.25, -0.2) is 0 Å². The van der Waals surface area contributed by atoms with Crippen molar-refractivity contribution in [2.24, 2.45) is 0 Å². The van der Waals surface area contributed by atoms with Crippen LogP contribution in [0.15, 0.2) is 72.8 Å². The summed E-state index contributed by atoms with van der Waals surface area (Å²) in [5.41, 5.74) is 2.24. The molecule has 1 heterocycles. The van der Waals surface area contributed by atoms with Crippen LogP contribution in [0.5, 0.6) is 0 Å². The molecule has 0 fully saturated rings. The zero-order valence-corrected chi connectivity index (χ0v) is 12.5. The Balaban J connectivity index is 2.11. The number of carbonyl (C=O) groups is 1. The van der Waals surface area contributed by atoms with E-state index in [0.29, 0.717) is 0 Å². The summed E-state index contributed by atoms with van der Waals surface area (Å²) >= 11 is 0.0629. The van der Waals surface area contributed by atoms with Gasteiger partial charge in [0, 0.05) is 0 Å². The van der Waals surface area contributed by atoms with Crippen LogP contribution in [0.4, 0.5) is 15.9 Å². The summed E-state index contributed by atoms with van der Waals surface area (Å²) in [6.45, 7) is 0. The zero-order valence-electron chi connectivity index (χ0n) is 10.8. The molecule has 0 unspecified atom stereocenters. The number of rotatable bonds is 4. The van der Waals surface area contributed by atoms with Crippen LogP contribution < -0.4 is 4.90 Å². The van der Waals surface area contributed by atoms with Crippen molar-refractivity contribution in [3.63, 3.8) is 0 Å². The van der Waals surface area contributed by atoms with Crippen molar-refractivity contribution in [3.8, 4) is 0 Å². The summed E-state index contributed by atoms with van der Waals surface area (Å²) in [5, 5.41) is 0. The molecule has 0 atom stereocenters. The van der Waals surface area contributed by atoms with Gasteiger partial charge in [0.05, 0.1) is 0 Å². The molecule has 0 aliphatic carbocycles. The summed E-state index contributed by atoms with van der Waals surface area (Å²) in [5.74, 6) is 0. The van der Waals surface area contributed by atoms with Gasteiger partial charge in [0.25, 0.3) is 0 Å². The molecule has 3 aromatic rings. The Kier molecular flexibility index (Phi) is 3.82. The Hall–Kier alpha value is -2.09. The second-order valence-electron chi connectivity index (χ2n) is 4.30. The van der Waals surface area contributed by atoms with Gasteiger partial charge in [-0.3, -0.25) is 0 Å². The van der Waals surface area contributed by atoms with Crippen molar-refractivity contribution in [2.75, 3.05) is 4.90 Å². The van der Waals surface area contributed by atoms with E-state index < -0.39 is 0 Å². The summed E-state index contributed by atoms with van der Waals surface area (Å²) < 4.78 is 2.06. The Morgan fingerprint density at radius 2 is 1.30 bits per heavy atom. The quantitative estimate of drug-likeness (QED) is 0.533. The molecular formula is C17H13NOSe. The van der Waals surface area contributed by atoms with Crippen LogP contribution in [0.25, 0.3) is 0 Å². The molecule has 0 saturated heterocycles. The number of hydrogen-bond acceptors (Lipinski definition) is 2. The molecule has 98 valence electrons. The van der Waals surface area contributed by atoms with Crippen LogP contribution in [0, 0.1) is 0 Å². The molecule has 0 aliphatic heterocycles. The Labute approximate surface area is 124 Å². The number of nitrogens with zero attached hydrogens (tertiary/aromatic N) is 1. The van der Waals surface area contributed by atoms with E-state index in [1.54, 1.807) is 0 Å². The second kappa shape index (κ2) is 5.91. The number of anilines is 3. The second-order valence-corrected chi connectivity index (χ2v) is 6.60. The number of hydrogen-bond donors (Lipinski definition) is 0. The van der Waals surface area contributed by atoms with E-state index in [1.807, 2.05) is 48.5 Å². The number of carbonyl (C=O) groups excluding carboxylic acids is 1. The molecule has 1 aromatic heterocycles. The van der Waals surface area contributed by atoms with Crippen molar-refractivity contribution in [1.29, 1.82) is 0 Å². The molecule has 2 aromatic carbocycles. The van der Waals surface area contributed by atoms with Gasteiger partial charge < -0.3 is 0 Å². The van der Waals surface area contributed by atoms with Gasteiger partial charge in [-0.2, -0.15) is 0 Å². The number of aldehydes is 1.